The van der Waals surface area contributed by atoms with Crippen LogP contribution in [0.25, 0.3) is 111 Å². The van der Waals surface area contributed by atoms with E-state index in [-0.39, 0.29) is 0 Å². The maximum absolute atomic E-state index is 2.43. The summed E-state index contributed by atoms with van der Waals surface area (Å²) in [4.78, 5) is 0. The molecule has 0 aromatic heterocycles. The van der Waals surface area contributed by atoms with Gasteiger partial charge in [0, 0.05) is 0 Å². The van der Waals surface area contributed by atoms with Crippen molar-refractivity contribution in [1.29, 1.82) is 0 Å². The molecular formula is C66H46. The Kier molecular flexibility index (Phi) is 11.1. The molecule has 0 aliphatic heterocycles. The van der Waals surface area contributed by atoms with E-state index in [1.807, 2.05) is 0 Å². The first kappa shape index (κ1) is 40.2. The first-order chi connectivity index (χ1) is 32.8. The Morgan fingerprint density at radius 2 is 0.273 bits per heavy atom. The van der Waals surface area contributed by atoms with E-state index in [1.54, 1.807) is 0 Å². The van der Waals surface area contributed by atoms with Gasteiger partial charge < -0.3 is 0 Å². The van der Waals surface area contributed by atoms with Crippen molar-refractivity contribution in [3.8, 4) is 111 Å². The number of hydrogen-bond acceptors (Lipinski definition) is 0. The average molecular weight is 839 g/mol. The van der Waals surface area contributed by atoms with E-state index in [2.05, 4.69) is 279 Å². The first-order valence-corrected chi connectivity index (χ1v) is 22.8. The van der Waals surface area contributed by atoms with E-state index < -0.39 is 0 Å². The van der Waals surface area contributed by atoms with Crippen molar-refractivity contribution in [2.24, 2.45) is 0 Å². The van der Waals surface area contributed by atoms with E-state index in [1.165, 1.54) is 100 Å². The lowest BCUT2D eigenvalue weighted by Crippen LogP contribution is -1.99. The first-order valence-electron chi connectivity index (χ1n) is 22.8. The van der Waals surface area contributed by atoms with Crippen LogP contribution in [0.5, 0.6) is 0 Å². The van der Waals surface area contributed by atoms with Crippen LogP contribution in [0, 0.1) is 0 Å². The van der Waals surface area contributed by atoms with Crippen LogP contribution < -0.4 is 0 Å². The molecule has 310 valence electrons. The minimum Gasteiger partial charge on any atom is -0.0622 e. The van der Waals surface area contributed by atoms with Gasteiger partial charge in [0.1, 0.15) is 0 Å². The Balaban J connectivity index is 1.25. The van der Waals surface area contributed by atoms with Crippen molar-refractivity contribution in [1.82, 2.24) is 0 Å². The van der Waals surface area contributed by atoms with E-state index in [9.17, 15) is 0 Å². The van der Waals surface area contributed by atoms with Gasteiger partial charge in [-0.25, -0.2) is 0 Å². The average Bonchev–Trinajstić information content (AvgIpc) is 3.41. The van der Waals surface area contributed by atoms with Crippen LogP contribution in [0.15, 0.2) is 279 Å². The normalized spacial score (nSPS) is 11.0. The maximum Gasteiger partial charge on any atom is -0.00143 e. The summed E-state index contributed by atoms with van der Waals surface area (Å²) in [6, 6.07) is 102. The van der Waals surface area contributed by atoms with Crippen LogP contribution in [0.2, 0.25) is 0 Å². The monoisotopic (exact) mass is 838 g/mol. The molecule has 0 heterocycles. The summed E-state index contributed by atoms with van der Waals surface area (Å²) >= 11 is 0. The molecule has 0 saturated carbocycles. The largest absolute Gasteiger partial charge is 0.0622 e. The van der Waals surface area contributed by atoms with Gasteiger partial charge in [-0.15, -0.1) is 0 Å². The highest BCUT2D eigenvalue weighted by molar-refractivity contribution is 6.10. The fraction of sp³-hybridized carbons (Fsp3) is 0. The molecule has 0 radical (unpaired) electrons. The zero-order valence-corrected chi connectivity index (χ0v) is 36.6. The van der Waals surface area contributed by atoms with Gasteiger partial charge in [0.2, 0.25) is 0 Å². The minimum atomic E-state index is 1.15. The zero-order chi connectivity index (χ0) is 44.1. The van der Waals surface area contributed by atoms with Gasteiger partial charge in [0.15, 0.2) is 0 Å². The van der Waals surface area contributed by atoms with Gasteiger partial charge in [0.25, 0.3) is 0 Å². The topological polar surface area (TPSA) is 0 Å². The molecule has 11 rings (SSSR count). The predicted molar refractivity (Wildman–Crippen MR) is 281 cm³/mol. The molecule has 0 N–H and O–H groups in total. The van der Waals surface area contributed by atoms with Gasteiger partial charge in [-0.05, 0) is 123 Å². The molecule has 0 nitrogen and oxygen atoms in total. The maximum atomic E-state index is 2.43. The Morgan fingerprint density at radius 3 is 0.485 bits per heavy atom. The van der Waals surface area contributed by atoms with Crippen LogP contribution in [-0.2, 0) is 0 Å². The third-order valence-electron chi connectivity index (χ3n) is 12.7. The number of hydrogen-bond donors (Lipinski definition) is 0. The van der Waals surface area contributed by atoms with Gasteiger partial charge >= 0.3 is 0 Å². The Bertz CT molecular complexity index is 3260. The smallest absolute Gasteiger partial charge is 0.00143 e. The zero-order valence-electron chi connectivity index (χ0n) is 36.6. The van der Waals surface area contributed by atoms with Crippen LogP contribution in [-0.4, -0.2) is 0 Å². The van der Waals surface area contributed by atoms with Gasteiger partial charge in [-0.2, -0.15) is 0 Å². The quantitative estimate of drug-likeness (QED) is 0.129. The molecule has 0 spiro atoms. The molecule has 0 bridgehead atoms. The van der Waals surface area contributed by atoms with E-state index >= 15 is 0 Å². The molecule has 11 aromatic rings. The summed E-state index contributed by atoms with van der Waals surface area (Å²) in [5.41, 5.74) is 23.7. The van der Waals surface area contributed by atoms with Gasteiger partial charge in [-0.1, -0.05) is 267 Å². The van der Waals surface area contributed by atoms with Crippen molar-refractivity contribution in [3.05, 3.63) is 279 Å². The molecule has 0 aliphatic rings. The Hall–Kier alpha value is -8.58. The number of rotatable bonds is 10. The molecule has 11 aromatic carbocycles. The minimum absolute atomic E-state index is 1.15. The fourth-order valence-electron chi connectivity index (χ4n) is 9.75. The SMILES string of the molecule is c1ccc(-c2cc(-c3ccccc3)c(-c3ccc(-c4c(-c5ccccc5)c(-c5ccccc5)cc(-c5ccccc5)c4-c4ccccc4)cc3)c(-c3ccccc3)c2-c2ccccc2)cc1. The number of benzene rings is 11. The van der Waals surface area contributed by atoms with Crippen molar-refractivity contribution >= 4 is 0 Å². The van der Waals surface area contributed by atoms with Crippen molar-refractivity contribution in [2.75, 3.05) is 0 Å². The molecule has 0 amide bonds. The summed E-state index contributed by atoms with van der Waals surface area (Å²) in [6.07, 6.45) is 0. The fourth-order valence-corrected chi connectivity index (χ4v) is 9.75. The predicted octanol–water partition coefficient (Wildman–Crippen LogP) is 18.4. The van der Waals surface area contributed by atoms with E-state index in [4.69, 9.17) is 0 Å². The molecule has 0 fully saturated rings. The summed E-state index contributed by atoms with van der Waals surface area (Å²) < 4.78 is 0. The van der Waals surface area contributed by atoms with Crippen LogP contribution >= 0.6 is 0 Å². The van der Waals surface area contributed by atoms with Crippen LogP contribution in [0.3, 0.4) is 0 Å². The van der Waals surface area contributed by atoms with Crippen LogP contribution in [0.4, 0.5) is 0 Å². The molecular weight excluding hydrogens is 793 g/mol. The molecule has 66 heavy (non-hydrogen) atoms. The molecule has 0 aliphatic carbocycles. The highest BCUT2D eigenvalue weighted by atomic mass is 14.3. The van der Waals surface area contributed by atoms with Gasteiger partial charge in [-0.3, -0.25) is 0 Å². The summed E-state index contributed by atoms with van der Waals surface area (Å²) in [5.74, 6) is 0. The van der Waals surface area contributed by atoms with Crippen molar-refractivity contribution in [3.63, 3.8) is 0 Å². The van der Waals surface area contributed by atoms with Crippen molar-refractivity contribution in [2.45, 2.75) is 0 Å². The highest BCUT2D eigenvalue weighted by Gasteiger charge is 2.26. The van der Waals surface area contributed by atoms with Crippen LogP contribution in [0.1, 0.15) is 0 Å². The molecule has 0 unspecified atom stereocenters. The van der Waals surface area contributed by atoms with E-state index in [0.717, 1.165) is 11.1 Å². The summed E-state index contributed by atoms with van der Waals surface area (Å²) in [7, 11) is 0. The lowest BCUT2D eigenvalue weighted by Gasteiger charge is -2.26. The second kappa shape index (κ2) is 18.3. The van der Waals surface area contributed by atoms with Gasteiger partial charge in [0.05, 0.1) is 0 Å². The van der Waals surface area contributed by atoms with E-state index in [0.29, 0.717) is 0 Å². The lowest BCUT2D eigenvalue weighted by atomic mass is 9.77. The third kappa shape index (κ3) is 7.76. The second-order valence-electron chi connectivity index (χ2n) is 16.7. The van der Waals surface area contributed by atoms with Crippen molar-refractivity contribution < 1.29 is 0 Å². The summed E-state index contributed by atoms with van der Waals surface area (Å²) in [5, 5.41) is 0. The lowest BCUT2D eigenvalue weighted by molar-refractivity contribution is 1.51. The Morgan fingerprint density at radius 1 is 0.121 bits per heavy atom. The third-order valence-corrected chi connectivity index (χ3v) is 12.7. The second-order valence-corrected chi connectivity index (χ2v) is 16.7. The summed E-state index contributed by atoms with van der Waals surface area (Å²) in [6.45, 7) is 0. The molecule has 0 atom stereocenters. The highest BCUT2D eigenvalue weighted by Crippen LogP contribution is 2.53. The Labute approximate surface area is 388 Å². The molecule has 0 heteroatoms. The standard InChI is InChI=1S/C66H46/c1-9-25-47(26-10-1)57-46-60(50-31-15-4-16-32-50)64(65(54-39-23-8-24-40-54)61(57)51-33-17-5-18-34-51)55-41-43-56(44-42-55)66-62(52-35-19-6-20-36-52)58(48-27-11-2-12-28-48)45-59(49-29-13-3-14-30-49)63(66)53-37-21-7-22-38-53/h1-46H. The molecule has 0 saturated heterocycles.